The van der Waals surface area contributed by atoms with Gasteiger partial charge < -0.3 is 4.74 Å². The molecule has 1 aliphatic rings. The van der Waals surface area contributed by atoms with Crippen molar-refractivity contribution >= 4 is 11.3 Å². The Balaban J connectivity index is 1.59. The number of hydrogen-bond donors (Lipinski definition) is 0. The summed E-state index contributed by atoms with van der Waals surface area (Å²) in [5.41, 5.74) is 3.21. The Morgan fingerprint density at radius 3 is 3.00 bits per heavy atom. The number of likely N-dealkylation sites (tertiary alicyclic amines) is 1. The van der Waals surface area contributed by atoms with Crippen LogP contribution in [0, 0.1) is 5.41 Å². The van der Waals surface area contributed by atoms with E-state index in [1.807, 2.05) is 18.5 Å². The molecule has 4 heteroatoms. The first-order chi connectivity index (χ1) is 11.8. The van der Waals surface area contributed by atoms with Gasteiger partial charge in [-0.15, -0.1) is 0 Å². The Hall–Kier alpha value is -1.23. The highest BCUT2D eigenvalue weighted by Gasteiger charge is 2.37. The summed E-state index contributed by atoms with van der Waals surface area (Å²) >= 11 is 1.80. The molecule has 0 spiro atoms. The quantitative estimate of drug-likeness (QED) is 0.631. The van der Waals surface area contributed by atoms with Gasteiger partial charge in [-0.3, -0.25) is 9.88 Å². The standard InChI is InChI=1S/C20H28N2OS/c1-2-23-12-9-20(7-5-18-6-13-24-16-18)8-11-22(17-20)15-19-4-3-10-21-14-19/h3-4,6,10,13-14,16H,2,5,7-9,11-12,15,17H2,1H3/t20-/m0/s1. The van der Waals surface area contributed by atoms with Crippen LogP contribution in [-0.4, -0.2) is 36.2 Å². The third kappa shape index (κ3) is 4.88. The van der Waals surface area contributed by atoms with E-state index >= 15 is 0 Å². The van der Waals surface area contributed by atoms with Crippen LogP contribution < -0.4 is 0 Å². The molecule has 0 unspecified atom stereocenters. The van der Waals surface area contributed by atoms with Crippen molar-refractivity contribution in [2.45, 2.75) is 39.2 Å². The van der Waals surface area contributed by atoms with E-state index in [1.54, 1.807) is 11.3 Å². The highest BCUT2D eigenvalue weighted by molar-refractivity contribution is 7.07. The average molecular weight is 345 g/mol. The molecule has 3 nitrogen and oxygen atoms in total. The summed E-state index contributed by atoms with van der Waals surface area (Å²) in [5.74, 6) is 0. The fraction of sp³-hybridized carbons (Fsp3) is 0.550. The van der Waals surface area contributed by atoms with Crippen molar-refractivity contribution in [3.63, 3.8) is 0 Å². The summed E-state index contributed by atoms with van der Waals surface area (Å²) < 4.78 is 5.68. The number of rotatable bonds is 9. The second-order valence-electron chi connectivity index (χ2n) is 6.90. The van der Waals surface area contributed by atoms with Crippen LogP contribution >= 0.6 is 11.3 Å². The first kappa shape index (κ1) is 17.6. The van der Waals surface area contributed by atoms with E-state index in [2.05, 4.69) is 39.7 Å². The van der Waals surface area contributed by atoms with Gasteiger partial charge in [-0.05, 0) is 78.6 Å². The summed E-state index contributed by atoms with van der Waals surface area (Å²) in [6.07, 6.45) is 8.75. The lowest BCUT2D eigenvalue weighted by Crippen LogP contribution is -2.29. The van der Waals surface area contributed by atoms with Gasteiger partial charge in [0.15, 0.2) is 0 Å². The maximum Gasteiger partial charge on any atom is 0.0471 e. The van der Waals surface area contributed by atoms with Crippen LogP contribution in [-0.2, 0) is 17.7 Å². The number of nitrogens with zero attached hydrogens (tertiary/aromatic N) is 2. The number of pyridine rings is 1. The zero-order chi connectivity index (χ0) is 16.7. The largest absolute Gasteiger partial charge is 0.382 e. The summed E-state index contributed by atoms with van der Waals surface area (Å²) in [6, 6.07) is 6.48. The molecule has 2 aromatic rings. The van der Waals surface area contributed by atoms with Crippen molar-refractivity contribution in [3.8, 4) is 0 Å². The SMILES string of the molecule is CCOCC[C@]1(CCc2ccsc2)CCN(Cc2cccnc2)C1. The number of thiophene rings is 1. The molecule has 3 rings (SSSR count). The molecule has 0 bridgehead atoms. The van der Waals surface area contributed by atoms with Crippen LogP contribution in [0.3, 0.4) is 0 Å². The van der Waals surface area contributed by atoms with E-state index in [0.29, 0.717) is 5.41 Å². The minimum absolute atomic E-state index is 0.402. The van der Waals surface area contributed by atoms with Crippen LogP contribution in [0.25, 0.3) is 0 Å². The van der Waals surface area contributed by atoms with Crippen molar-refractivity contribution in [2.24, 2.45) is 5.41 Å². The van der Waals surface area contributed by atoms with Crippen LogP contribution in [0.1, 0.15) is 37.3 Å². The normalized spacial score (nSPS) is 21.4. The summed E-state index contributed by atoms with van der Waals surface area (Å²) in [7, 11) is 0. The molecule has 1 saturated heterocycles. The van der Waals surface area contributed by atoms with Crippen molar-refractivity contribution in [1.29, 1.82) is 0 Å². The van der Waals surface area contributed by atoms with Crippen molar-refractivity contribution in [3.05, 3.63) is 52.5 Å². The number of ether oxygens (including phenoxy) is 1. The Morgan fingerprint density at radius 1 is 1.29 bits per heavy atom. The fourth-order valence-electron chi connectivity index (χ4n) is 3.72. The van der Waals surface area contributed by atoms with E-state index in [-0.39, 0.29) is 0 Å². The van der Waals surface area contributed by atoms with Gasteiger partial charge in [-0.2, -0.15) is 11.3 Å². The molecule has 0 saturated carbocycles. The van der Waals surface area contributed by atoms with E-state index in [1.165, 1.54) is 49.9 Å². The second-order valence-corrected chi connectivity index (χ2v) is 7.68. The number of aryl methyl sites for hydroxylation is 1. The summed E-state index contributed by atoms with van der Waals surface area (Å²) in [5, 5.41) is 4.48. The van der Waals surface area contributed by atoms with Gasteiger partial charge in [0.05, 0.1) is 0 Å². The smallest absolute Gasteiger partial charge is 0.0471 e. The monoisotopic (exact) mass is 344 g/mol. The Labute approximate surface area is 149 Å². The van der Waals surface area contributed by atoms with Gasteiger partial charge >= 0.3 is 0 Å². The molecule has 0 aliphatic carbocycles. The van der Waals surface area contributed by atoms with Gasteiger partial charge in [0.2, 0.25) is 0 Å². The van der Waals surface area contributed by atoms with Crippen LogP contribution in [0.4, 0.5) is 0 Å². The zero-order valence-electron chi connectivity index (χ0n) is 14.6. The lowest BCUT2D eigenvalue weighted by atomic mass is 9.79. The number of hydrogen-bond acceptors (Lipinski definition) is 4. The maximum atomic E-state index is 5.68. The highest BCUT2D eigenvalue weighted by atomic mass is 32.1. The molecule has 2 aromatic heterocycles. The molecule has 130 valence electrons. The van der Waals surface area contributed by atoms with E-state index in [4.69, 9.17) is 4.74 Å². The highest BCUT2D eigenvalue weighted by Crippen LogP contribution is 2.39. The molecule has 3 heterocycles. The predicted octanol–water partition coefficient (Wildman–Crippen LogP) is 4.39. The summed E-state index contributed by atoms with van der Waals surface area (Å²) in [4.78, 5) is 6.84. The molecule has 24 heavy (non-hydrogen) atoms. The average Bonchev–Trinajstić information content (AvgIpc) is 3.25. The molecule has 0 radical (unpaired) electrons. The minimum Gasteiger partial charge on any atom is -0.382 e. The van der Waals surface area contributed by atoms with Crippen LogP contribution in [0.15, 0.2) is 41.4 Å². The van der Waals surface area contributed by atoms with Crippen LogP contribution in [0.2, 0.25) is 0 Å². The fourth-order valence-corrected chi connectivity index (χ4v) is 4.43. The topological polar surface area (TPSA) is 25.4 Å². The summed E-state index contributed by atoms with van der Waals surface area (Å²) in [6.45, 7) is 7.18. The molecule has 0 amide bonds. The Kier molecular flexibility index (Phi) is 6.41. The van der Waals surface area contributed by atoms with Gasteiger partial charge in [-0.25, -0.2) is 0 Å². The molecular formula is C20H28N2OS. The second kappa shape index (κ2) is 8.75. The van der Waals surface area contributed by atoms with Crippen molar-refractivity contribution in [1.82, 2.24) is 9.88 Å². The van der Waals surface area contributed by atoms with E-state index in [0.717, 1.165) is 19.8 Å². The Bertz CT molecular complexity index is 587. The van der Waals surface area contributed by atoms with Gasteiger partial charge in [0.1, 0.15) is 0 Å². The third-order valence-electron chi connectivity index (χ3n) is 5.15. The molecule has 0 N–H and O–H groups in total. The number of aromatic nitrogens is 1. The Morgan fingerprint density at radius 2 is 2.25 bits per heavy atom. The van der Waals surface area contributed by atoms with Crippen LogP contribution in [0.5, 0.6) is 0 Å². The zero-order valence-corrected chi connectivity index (χ0v) is 15.4. The lowest BCUT2D eigenvalue weighted by Gasteiger charge is -2.29. The molecule has 1 atom stereocenters. The van der Waals surface area contributed by atoms with Crippen molar-refractivity contribution < 1.29 is 4.74 Å². The molecular weight excluding hydrogens is 316 g/mol. The minimum atomic E-state index is 0.402. The first-order valence-corrected chi connectivity index (χ1v) is 9.94. The first-order valence-electron chi connectivity index (χ1n) is 9.00. The van der Waals surface area contributed by atoms with Gasteiger partial charge in [0.25, 0.3) is 0 Å². The van der Waals surface area contributed by atoms with E-state index in [9.17, 15) is 0 Å². The van der Waals surface area contributed by atoms with Gasteiger partial charge in [-0.1, -0.05) is 6.07 Å². The molecule has 1 fully saturated rings. The molecule has 0 aromatic carbocycles. The third-order valence-corrected chi connectivity index (χ3v) is 5.88. The maximum absolute atomic E-state index is 5.68. The van der Waals surface area contributed by atoms with Crippen molar-refractivity contribution in [2.75, 3.05) is 26.3 Å². The van der Waals surface area contributed by atoms with Gasteiger partial charge in [0, 0.05) is 38.7 Å². The van der Waals surface area contributed by atoms with E-state index < -0.39 is 0 Å². The lowest BCUT2D eigenvalue weighted by molar-refractivity contribution is 0.0989. The predicted molar refractivity (Wildman–Crippen MR) is 100 cm³/mol. The molecule has 1 aliphatic heterocycles.